The summed E-state index contributed by atoms with van der Waals surface area (Å²) in [5, 5.41) is 32.3. The second-order valence-corrected chi connectivity index (χ2v) is 20.1. The number of hydrogen-bond acceptors (Lipinski definition) is 15. The van der Waals surface area contributed by atoms with E-state index < -0.39 is 0 Å². The number of aryl methyl sites for hydroxylation is 3. The van der Waals surface area contributed by atoms with Crippen molar-refractivity contribution in [3.8, 4) is 34.2 Å². The molecule has 76 heavy (non-hydrogen) atoms. The van der Waals surface area contributed by atoms with Gasteiger partial charge in [0.2, 0.25) is 0 Å². The van der Waals surface area contributed by atoms with Gasteiger partial charge in [0.05, 0.1) is 34.2 Å². The molecular weight excluding hydrogens is 949 g/mol. The van der Waals surface area contributed by atoms with Crippen molar-refractivity contribution in [1.29, 1.82) is 0 Å². The van der Waals surface area contributed by atoms with Gasteiger partial charge >= 0.3 is 0 Å². The Hall–Kier alpha value is -8.19. The van der Waals surface area contributed by atoms with E-state index in [0.717, 1.165) is 157 Å². The van der Waals surface area contributed by atoms with Crippen molar-refractivity contribution in [3.63, 3.8) is 0 Å². The van der Waals surface area contributed by atoms with Crippen LogP contribution >= 0.6 is 0 Å². The largest absolute Gasteiger partial charge is 0.355 e. The van der Waals surface area contributed by atoms with Crippen LogP contribution in [-0.4, -0.2) is 131 Å². The maximum atomic E-state index is 6.08. The second-order valence-electron chi connectivity index (χ2n) is 20.1. The molecule has 2 unspecified atom stereocenters. The van der Waals surface area contributed by atoms with E-state index in [0.29, 0.717) is 17.7 Å². The quantitative estimate of drug-likeness (QED) is 0.0803. The lowest BCUT2D eigenvalue weighted by molar-refractivity contribution is 0.445. The number of nitrogens with one attached hydrogen (secondary N) is 5. The molecule has 0 saturated carbocycles. The number of pyridine rings is 6. The van der Waals surface area contributed by atoms with Gasteiger partial charge < -0.3 is 31.1 Å². The van der Waals surface area contributed by atoms with Crippen molar-refractivity contribution >= 4 is 50.6 Å². The normalized spacial score (nSPS) is 17.9. The molecule has 12 heterocycles. The van der Waals surface area contributed by atoms with Gasteiger partial charge in [-0.3, -0.25) is 15.3 Å². The van der Waals surface area contributed by atoms with Crippen molar-refractivity contribution < 1.29 is 0 Å². The topological polar surface area (TPSA) is 223 Å². The zero-order valence-electron chi connectivity index (χ0n) is 43.7. The fraction of sp³-hybridized carbons (Fsp3) is 0.328. The Bertz CT molecular complexity index is 3540. The number of rotatable bonds is 9. The minimum atomic E-state index is 0.233. The highest BCUT2D eigenvalue weighted by molar-refractivity contribution is 5.91. The van der Waals surface area contributed by atoms with Crippen molar-refractivity contribution in [3.05, 3.63) is 144 Å². The van der Waals surface area contributed by atoms with Crippen LogP contribution in [0.2, 0.25) is 0 Å². The van der Waals surface area contributed by atoms with Gasteiger partial charge in [-0.25, -0.2) is 29.9 Å². The van der Waals surface area contributed by atoms with Gasteiger partial charge in [-0.2, -0.15) is 15.3 Å². The first kappa shape index (κ1) is 50.0. The van der Waals surface area contributed by atoms with Crippen LogP contribution in [0.5, 0.6) is 0 Å². The van der Waals surface area contributed by atoms with Gasteiger partial charge in [-0.15, -0.1) is 0 Å². The fourth-order valence-corrected chi connectivity index (χ4v) is 10.8. The Morgan fingerprint density at radius 2 is 0.961 bits per heavy atom. The van der Waals surface area contributed by atoms with Crippen LogP contribution in [0.15, 0.2) is 122 Å². The fourth-order valence-electron chi connectivity index (χ4n) is 10.8. The molecule has 388 valence electrons. The summed E-state index contributed by atoms with van der Waals surface area (Å²) >= 11 is 0. The summed E-state index contributed by atoms with van der Waals surface area (Å²) in [7, 11) is 0. The lowest BCUT2D eigenvalue weighted by Gasteiger charge is -2.35. The van der Waals surface area contributed by atoms with Gasteiger partial charge in [-0.1, -0.05) is 42.8 Å². The van der Waals surface area contributed by atoms with Crippen LogP contribution in [0.4, 0.5) is 17.5 Å². The van der Waals surface area contributed by atoms with Gasteiger partial charge in [0.25, 0.3) is 0 Å². The lowest BCUT2D eigenvalue weighted by atomic mass is 9.93. The predicted octanol–water partition coefficient (Wildman–Crippen LogP) is 8.12. The Balaban J connectivity index is 0.000000124. The number of H-pyrrole nitrogens is 3. The highest BCUT2D eigenvalue weighted by atomic mass is 15.3. The average Bonchev–Trinajstić information content (AvgIpc) is 4.23. The second kappa shape index (κ2) is 22.7. The molecule has 18 heteroatoms. The molecule has 3 aliphatic rings. The first-order chi connectivity index (χ1) is 37.2. The molecular formula is C58H66N18. The molecule has 3 saturated heterocycles. The number of piperidine rings is 1. The molecule has 0 bridgehead atoms. The molecule has 3 fully saturated rings. The van der Waals surface area contributed by atoms with Gasteiger partial charge in [0, 0.05) is 105 Å². The minimum Gasteiger partial charge on any atom is -0.355 e. The van der Waals surface area contributed by atoms with E-state index in [-0.39, 0.29) is 6.04 Å². The number of fused-ring (bicyclic) bond motifs is 3. The summed E-state index contributed by atoms with van der Waals surface area (Å²) in [5.41, 5.74) is 19.2. The summed E-state index contributed by atoms with van der Waals surface area (Å²) in [6.07, 6.45) is 9.62. The lowest BCUT2D eigenvalue weighted by Crippen LogP contribution is -2.52. The van der Waals surface area contributed by atoms with Gasteiger partial charge in [0.1, 0.15) is 17.5 Å². The van der Waals surface area contributed by atoms with Crippen LogP contribution in [0, 0.1) is 20.8 Å². The van der Waals surface area contributed by atoms with E-state index in [1.165, 1.54) is 22.3 Å². The molecule has 0 amide bonds. The summed E-state index contributed by atoms with van der Waals surface area (Å²) < 4.78 is 0. The summed E-state index contributed by atoms with van der Waals surface area (Å²) in [4.78, 5) is 34.5. The Morgan fingerprint density at radius 1 is 0.526 bits per heavy atom. The summed E-state index contributed by atoms with van der Waals surface area (Å²) in [6, 6.07) is 36.0. The third kappa shape index (κ3) is 11.1. The number of aromatic nitrogens is 12. The molecule has 7 N–H and O–H groups in total. The molecule has 3 aliphatic heterocycles. The molecule has 0 aliphatic carbocycles. The number of hydrogen-bond donors (Lipinski definition) is 6. The highest BCUT2D eigenvalue weighted by Crippen LogP contribution is 2.30. The Kier molecular flexibility index (Phi) is 15.0. The first-order valence-corrected chi connectivity index (χ1v) is 26.6. The van der Waals surface area contributed by atoms with Crippen molar-refractivity contribution in [2.75, 3.05) is 67.1 Å². The molecule has 0 radical (unpaired) electrons. The van der Waals surface area contributed by atoms with Gasteiger partial charge in [-0.05, 0) is 136 Å². The van der Waals surface area contributed by atoms with E-state index >= 15 is 0 Å². The molecule has 0 spiro atoms. The van der Waals surface area contributed by atoms with E-state index in [2.05, 4.69) is 135 Å². The highest BCUT2D eigenvalue weighted by Gasteiger charge is 2.24. The van der Waals surface area contributed by atoms with E-state index in [9.17, 15) is 0 Å². The van der Waals surface area contributed by atoms with Crippen LogP contribution in [-0.2, 0) is 6.42 Å². The van der Waals surface area contributed by atoms with Crippen molar-refractivity contribution in [2.24, 2.45) is 5.73 Å². The molecule has 13 rings (SSSR count). The maximum absolute atomic E-state index is 6.08. The number of nitrogens with zero attached hydrogens (tertiary/aromatic N) is 12. The van der Waals surface area contributed by atoms with Crippen LogP contribution < -0.4 is 31.1 Å². The van der Waals surface area contributed by atoms with Gasteiger partial charge in [0.15, 0.2) is 16.9 Å². The zero-order chi connectivity index (χ0) is 52.0. The van der Waals surface area contributed by atoms with Crippen molar-refractivity contribution in [2.45, 2.75) is 71.5 Å². The average molecular weight is 1020 g/mol. The molecule has 10 aromatic rings. The number of aromatic amines is 3. The molecule has 3 atom stereocenters. The third-order valence-electron chi connectivity index (χ3n) is 14.7. The SMILES string of the molecule is CC[C@@H]1CN(c2cccc(-c3[nH]nc4ncccc34)n2)CCN1.Cc1cc(C)c(CC2CN(c3cccc(-c4[nH]nc5ncccc45)n3)CCN2)c(C)c1.NC1CCCN(c2cccc(-c3[nH]nc4ncccc34)n2)C1. The number of benzene rings is 1. The first-order valence-electron chi connectivity index (χ1n) is 26.6. The standard InChI is InChI=1S/C25H28N6.C17H20N6.C16H18N6/c1-16-12-17(2)21(18(3)13-16)14-19-15-31(11-10-26-19)23-8-4-7-22(28-23)24-20-6-5-9-27-25(20)30-29-24;1-2-12-11-23(10-9-18-12)15-7-3-6-14(20-15)16-13-5-4-8-19-17(13)22-21-16;17-11-4-3-9-22(10-11)14-7-1-6-13(19-14)15-12-5-2-8-18-16(12)21-20-15/h4-9,12-13,19,26H,10-11,14-15H2,1-3H3,(H,27,29,30);3-8,12,18H,2,9-11H2,1H3,(H,19,21,22);1-2,5-8,11H,3-4,9-10,17H2,(H,18,20,21)/t;12-;/m.1./s1. The van der Waals surface area contributed by atoms with Crippen molar-refractivity contribution in [1.82, 2.24) is 71.1 Å². The van der Waals surface area contributed by atoms with E-state index in [1.807, 2.05) is 66.7 Å². The molecule has 1 aromatic carbocycles. The Labute approximate surface area is 442 Å². The number of piperazine rings is 2. The predicted molar refractivity (Wildman–Crippen MR) is 303 cm³/mol. The Morgan fingerprint density at radius 3 is 1.41 bits per heavy atom. The smallest absolute Gasteiger partial charge is 0.181 e. The zero-order valence-corrected chi connectivity index (χ0v) is 43.7. The maximum Gasteiger partial charge on any atom is 0.181 e. The van der Waals surface area contributed by atoms with Crippen LogP contribution in [0.25, 0.3) is 67.3 Å². The van der Waals surface area contributed by atoms with Crippen LogP contribution in [0.3, 0.4) is 0 Å². The van der Waals surface area contributed by atoms with E-state index in [1.54, 1.807) is 18.6 Å². The number of anilines is 3. The summed E-state index contributed by atoms with van der Waals surface area (Å²) in [6.45, 7) is 16.5. The third-order valence-corrected chi connectivity index (χ3v) is 14.7. The molecule has 9 aromatic heterocycles. The minimum absolute atomic E-state index is 0.233. The summed E-state index contributed by atoms with van der Waals surface area (Å²) in [5.74, 6) is 3.00. The number of nitrogens with two attached hydrogens (primary N) is 1. The molecule has 18 nitrogen and oxygen atoms in total. The van der Waals surface area contributed by atoms with E-state index in [4.69, 9.17) is 20.7 Å². The van der Waals surface area contributed by atoms with Crippen LogP contribution in [0.1, 0.15) is 48.4 Å². The monoisotopic (exact) mass is 1010 g/mol.